The molecule has 1 unspecified atom stereocenters. The van der Waals surface area contributed by atoms with E-state index in [0.717, 1.165) is 18.2 Å². The highest BCUT2D eigenvalue weighted by molar-refractivity contribution is 6.18. The Hall–Kier alpha value is -0.690. The van der Waals surface area contributed by atoms with Gasteiger partial charge in [-0.1, -0.05) is 31.0 Å². The maximum absolute atomic E-state index is 6.23. The minimum atomic E-state index is 0.382. The van der Waals surface area contributed by atoms with Crippen LogP contribution in [0, 0.1) is 5.41 Å². The summed E-state index contributed by atoms with van der Waals surface area (Å²) in [7, 11) is 0. The summed E-state index contributed by atoms with van der Waals surface area (Å²) in [5, 5.41) is 0. The van der Waals surface area contributed by atoms with Crippen LogP contribution in [0.15, 0.2) is 24.3 Å². The van der Waals surface area contributed by atoms with E-state index in [4.69, 9.17) is 16.3 Å². The first kappa shape index (κ1) is 11.4. The quantitative estimate of drug-likeness (QED) is 0.725. The molecule has 1 atom stereocenters. The third-order valence-corrected chi connectivity index (χ3v) is 4.99. The van der Waals surface area contributed by atoms with Gasteiger partial charge in [0.25, 0.3) is 0 Å². The van der Waals surface area contributed by atoms with E-state index < -0.39 is 0 Å². The van der Waals surface area contributed by atoms with Crippen molar-refractivity contribution in [3.63, 3.8) is 0 Å². The fourth-order valence-electron chi connectivity index (χ4n) is 3.44. The maximum Gasteiger partial charge on any atom is 0.122 e. The summed E-state index contributed by atoms with van der Waals surface area (Å²) in [4.78, 5) is 0. The summed E-state index contributed by atoms with van der Waals surface area (Å²) >= 11 is 6.23. The van der Waals surface area contributed by atoms with E-state index in [1.54, 1.807) is 0 Å². The number of fused-ring (bicyclic) bond motifs is 1. The molecule has 0 amide bonds. The zero-order valence-corrected chi connectivity index (χ0v) is 10.9. The molecule has 3 rings (SSSR count). The second-order valence-corrected chi connectivity index (χ2v) is 5.86. The Morgan fingerprint density at radius 3 is 2.76 bits per heavy atom. The van der Waals surface area contributed by atoms with Crippen molar-refractivity contribution in [1.29, 1.82) is 0 Å². The minimum Gasteiger partial charge on any atom is -0.493 e. The van der Waals surface area contributed by atoms with Crippen molar-refractivity contribution in [3.05, 3.63) is 29.8 Å². The standard InChI is InChI=1S/C15H19ClO/c16-11-15(7-3-4-8-15)9-12-10-17-14-6-2-1-5-13(12)14/h1-2,5-6,12H,3-4,7-11H2. The molecule has 0 saturated heterocycles. The van der Waals surface area contributed by atoms with Gasteiger partial charge in [0.05, 0.1) is 6.61 Å². The van der Waals surface area contributed by atoms with Crippen LogP contribution in [0.2, 0.25) is 0 Å². The number of para-hydroxylation sites is 1. The molecular weight excluding hydrogens is 232 g/mol. The molecule has 1 saturated carbocycles. The van der Waals surface area contributed by atoms with Crippen molar-refractivity contribution in [2.24, 2.45) is 5.41 Å². The average Bonchev–Trinajstić information content (AvgIpc) is 2.99. The predicted molar refractivity (Wildman–Crippen MR) is 70.9 cm³/mol. The van der Waals surface area contributed by atoms with Crippen LogP contribution in [0.3, 0.4) is 0 Å². The van der Waals surface area contributed by atoms with Gasteiger partial charge in [0, 0.05) is 17.4 Å². The highest BCUT2D eigenvalue weighted by Gasteiger charge is 2.38. The van der Waals surface area contributed by atoms with Crippen LogP contribution in [0.25, 0.3) is 0 Å². The van der Waals surface area contributed by atoms with E-state index in [2.05, 4.69) is 18.2 Å². The minimum absolute atomic E-state index is 0.382. The monoisotopic (exact) mass is 250 g/mol. The Labute approximate surface area is 108 Å². The van der Waals surface area contributed by atoms with Gasteiger partial charge in [-0.15, -0.1) is 11.6 Å². The van der Waals surface area contributed by atoms with E-state index >= 15 is 0 Å². The predicted octanol–water partition coefficient (Wildman–Crippen LogP) is 4.35. The van der Waals surface area contributed by atoms with E-state index in [-0.39, 0.29) is 0 Å². The molecule has 1 aromatic carbocycles. The van der Waals surface area contributed by atoms with E-state index in [9.17, 15) is 0 Å². The molecule has 0 bridgehead atoms. The van der Waals surface area contributed by atoms with Crippen molar-refractivity contribution >= 4 is 11.6 Å². The molecule has 0 aromatic heterocycles. The molecule has 1 aromatic rings. The fourth-order valence-corrected chi connectivity index (χ4v) is 3.81. The van der Waals surface area contributed by atoms with Crippen LogP contribution in [0.5, 0.6) is 5.75 Å². The smallest absolute Gasteiger partial charge is 0.122 e. The Kier molecular flexibility index (Phi) is 3.04. The molecule has 92 valence electrons. The average molecular weight is 251 g/mol. The lowest BCUT2D eigenvalue weighted by Gasteiger charge is -2.29. The Bertz CT molecular complexity index is 396. The van der Waals surface area contributed by atoms with Crippen LogP contribution in [-0.4, -0.2) is 12.5 Å². The van der Waals surface area contributed by atoms with Gasteiger partial charge in [-0.2, -0.15) is 0 Å². The van der Waals surface area contributed by atoms with Crippen LogP contribution < -0.4 is 4.74 Å². The normalized spacial score (nSPS) is 25.6. The van der Waals surface area contributed by atoms with E-state index in [1.165, 1.54) is 37.7 Å². The molecule has 1 aliphatic carbocycles. The summed E-state index contributed by atoms with van der Waals surface area (Å²) < 4.78 is 5.77. The number of hydrogen-bond donors (Lipinski definition) is 0. The number of alkyl halides is 1. The first-order valence-corrected chi connectivity index (χ1v) is 7.14. The number of halogens is 1. The molecule has 1 fully saturated rings. The van der Waals surface area contributed by atoms with Crippen molar-refractivity contribution in [2.45, 2.75) is 38.0 Å². The number of benzene rings is 1. The van der Waals surface area contributed by atoms with Crippen molar-refractivity contribution in [1.82, 2.24) is 0 Å². The molecule has 1 nitrogen and oxygen atoms in total. The third-order valence-electron chi connectivity index (χ3n) is 4.43. The number of rotatable bonds is 3. The van der Waals surface area contributed by atoms with Crippen LogP contribution in [0.4, 0.5) is 0 Å². The topological polar surface area (TPSA) is 9.23 Å². The maximum atomic E-state index is 6.23. The Morgan fingerprint density at radius 2 is 2.00 bits per heavy atom. The molecule has 1 heterocycles. The summed E-state index contributed by atoms with van der Waals surface area (Å²) in [5.74, 6) is 2.45. The van der Waals surface area contributed by atoms with Gasteiger partial charge in [-0.25, -0.2) is 0 Å². The molecular formula is C15H19ClO. The zero-order chi connectivity index (χ0) is 11.7. The third kappa shape index (κ3) is 2.06. The Morgan fingerprint density at radius 1 is 1.24 bits per heavy atom. The lowest BCUT2D eigenvalue weighted by molar-refractivity contribution is 0.249. The van der Waals surface area contributed by atoms with Crippen molar-refractivity contribution in [3.8, 4) is 5.75 Å². The van der Waals surface area contributed by atoms with Gasteiger partial charge in [0.2, 0.25) is 0 Å². The molecule has 17 heavy (non-hydrogen) atoms. The largest absolute Gasteiger partial charge is 0.493 e. The van der Waals surface area contributed by atoms with Crippen molar-refractivity contribution in [2.75, 3.05) is 12.5 Å². The first-order chi connectivity index (χ1) is 8.33. The van der Waals surface area contributed by atoms with Gasteiger partial charge in [0.1, 0.15) is 5.75 Å². The van der Waals surface area contributed by atoms with Crippen LogP contribution in [0.1, 0.15) is 43.6 Å². The second kappa shape index (κ2) is 4.53. The number of hydrogen-bond acceptors (Lipinski definition) is 1. The highest BCUT2D eigenvalue weighted by atomic mass is 35.5. The van der Waals surface area contributed by atoms with Crippen LogP contribution in [-0.2, 0) is 0 Å². The molecule has 2 aliphatic rings. The number of ether oxygens (including phenoxy) is 1. The van der Waals surface area contributed by atoms with E-state index in [0.29, 0.717) is 11.3 Å². The lowest BCUT2D eigenvalue weighted by atomic mass is 9.78. The summed E-state index contributed by atoms with van der Waals surface area (Å²) in [6.07, 6.45) is 6.50. The lowest BCUT2D eigenvalue weighted by Crippen LogP contribution is -2.22. The van der Waals surface area contributed by atoms with E-state index in [1.807, 2.05) is 6.07 Å². The van der Waals surface area contributed by atoms with Gasteiger partial charge in [0.15, 0.2) is 0 Å². The summed E-state index contributed by atoms with van der Waals surface area (Å²) in [6.45, 7) is 0.845. The van der Waals surface area contributed by atoms with Gasteiger partial charge >= 0.3 is 0 Å². The van der Waals surface area contributed by atoms with Crippen molar-refractivity contribution < 1.29 is 4.74 Å². The zero-order valence-electron chi connectivity index (χ0n) is 10.1. The first-order valence-electron chi connectivity index (χ1n) is 6.61. The second-order valence-electron chi connectivity index (χ2n) is 5.59. The van der Waals surface area contributed by atoms with Gasteiger partial charge in [-0.3, -0.25) is 0 Å². The SMILES string of the molecule is ClCC1(CC2COc3ccccc32)CCCC1. The highest BCUT2D eigenvalue weighted by Crippen LogP contribution is 2.48. The van der Waals surface area contributed by atoms with Gasteiger partial charge < -0.3 is 4.74 Å². The summed E-state index contributed by atoms with van der Waals surface area (Å²) in [6, 6.07) is 8.46. The Balaban J connectivity index is 1.79. The summed E-state index contributed by atoms with van der Waals surface area (Å²) in [5.41, 5.74) is 1.77. The molecule has 1 aliphatic heterocycles. The molecule has 0 N–H and O–H groups in total. The van der Waals surface area contributed by atoms with Gasteiger partial charge in [-0.05, 0) is 30.7 Å². The molecule has 0 radical (unpaired) electrons. The van der Waals surface area contributed by atoms with Crippen LogP contribution >= 0.6 is 11.6 Å². The molecule has 0 spiro atoms. The molecule has 2 heteroatoms. The fraction of sp³-hybridized carbons (Fsp3) is 0.600.